The van der Waals surface area contributed by atoms with Gasteiger partial charge in [-0.1, -0.05) is 47.1 Å². The number of carbonyl (C=O) groups excluding carboxylic acids is 2. The van der Waals surface area contributed by atoms with E-state index in [4.69, 9.17) is 27.9 Å². The highest BCUT2D eigenvalue weighted by Gasteiger charge is 2.25. The zero-order valence-electron chi connectivity index (χ0n) is 18.4. The van der Waals surface area contributed by atoms with Gasteiger partial charge >= 0.3 is 6.09 Å². The minimum absolute atomic E-state index is 0.0788. The fourth-order valence-corrected chi connectivity index (χ4v) is 5.06. The molecule has 178 valence electrons. The highest BCUT2D eigenvalue weighted by atomic mass is 35.5. The van der Waals surface area contributed by atoms with Gasteiger partial charge in [-0.25, -0.2) is 9.78 Å². The average molecular weight is 521 g/mol. The molecule has 0 unspecified atom stereocenters. The van der Waals surface area contributed by atoms with E-state index in [0.717, 1.165) is 11.8 Å². The molecule has 2 aromatic carbocycles. The molecule has 0 aliphatic carbocycles. The van der Waals surface area contributed by atoms with Crippen molar-refractivity contribution in [2.75, 3.05) is 38.5 Å². The predicted octanol–water partition coefficient (Wildman–Crippen LogP) is 4.09. The maximum absolute atomic E-state index is 13.4. The van der Waals surface area contributed by atoms with E-state index in [-0.39, 0.29) is 23.3 Å². The fourth-order valence-electron chi connectivity index (χ4n) is 3.65. The molecule has 1 aliphatic heterocycles. The molecule has 0 spiro atoms. The number of carbonyl (C=O) groups is 2. The molecule has 1 saturated heterocycles. The van der Waals surface area contributed by atoms with Crippen LogP contribution >= 0.6 is 35.0 Å². The van der Waals surface area contributed by atoms with Gasteiger partial charge in [0, 0.05) is 31.2 Å². The Bertz CT molecular complexity index is 1290. The first-order valence-electron chi connectivity index (χ1n) is 10.7. The molecule has 3 aromatic rings. The molecule has 0 N–H and O–H groups in total. The van der Waals surface area contributed by atoms with E-state index in [0.29, 0.717) is 64.6 Å². The first kappa shape index (κ1) is 24.4. The number of benzene rings is 2. The Hall–Kier alpha value is -2.75. The van der Waals surface area contributed by atoms with Crippen LogP contribution in [0.2, 0.25) is 10.0 Å². The maximum Gasteiger partial charge on any atom is 0.409 e. The largest absolute Gasteiger partial charge is 0.450 e. The number of rotatable bonds is 5. The molecule has 0 bridgehead atoms. The molecule has 2 heterocycles. The number of hydrogen-bond donors (Lipinski definition) is 0. The summed E-state index contributed by atoms with van der Waals surface area (Å²) in [6.45, 7) is 3.72. The van der Waals surface area contributed by atoms with Gasteiger partial charge in [-0.3, -0.25) is 14.2 Å². The second kappa shape index (κ2) is 10.7. The number of piperazine rings is 1. The monoisotopic (exact) mass is 520 g/mol. The minimum atomic E-state index is -0.367. The van der Waals surface area contributed by atoms with Crippen molar-refractivity contribution < 1.29 is 14.3 Å². The number of aromatic nitrogens is 2. The molecule has 0 atom stereocenters. The van der Waals surface area contributed by atoms with Crippen LogP contribution in [0.25, 0.3) is 16.6 Å². The van der Waals surface area contributed by atoms with E-state index < -0.39 is 0 Å². The number of para-hydroxylation sites is 1. The summed E-state index contributed by atoms with van der Waals surface area (Å²) in [6.07, 6.45) is -0.367. The van der Waals surface area contributed by atoms with Crippen LogP contribution in [-0.4, -0.2) is 69.9 Å². The third-order valence-electron chi connectivity index (χ3n) is 5.38. The molecule has 34 heavy (non-hydrogen) atoms. The Labute approximate surface area is 210 Å². The van der Waals surface area contributed by atoms with Crippen molar-refractivity contribution in [2.24, 2.45) is 0 Å². The third kappa shape index (κ3) is 5.16. The second-order valence-electron chi connectivity index (χ2n) is 7.50. The van der Waals surface area contributed by atoms with E-state index in [1.54, 1.807) is 59.2 Å². The van der Waals surface area contributed by atoms with E-state index in [1.165, 1.54) is 4.57 Å². The fraction of sp³-hybridized carbons (Fsp3) is 0.304. The Morgan fingerprint density at radius 2 is 1.76 bits per heavy atom. The summed E-state index contributed by atoms with van der Waals surface area (Å²) in [4.78, 5) is 46.1. The van der Waals surface area contributed by atoms with E-state index in [9.17, 15) is 14.4 Å². The van der Waals surface area contributed by atoms with Crippen LogP contribution in [0.5, 0.6) is 0 Å². The Morgan fingerprint density at radius 1 is 1.06 bits per heavy atom. The standard InChI is InChI=1S/C23H22Cl2N4O4S/c1-2-33-23(32)28-11-9-27(10-12-28)20(30)14-34-22-26-18-6-4-3-5-16(18)21(31)29(22)19-8-7-15(24)13-17(19)25/h3-8,13H,2,9-12,14H2,1H3. The molecule has 8 nitrogen and oxygen atoms in total. The number of nitrogens with zero attached hydrogens (tertiary/aromatic N) is 4. The molecule has 4 rings (SSSR count). The first-order chi connectivity index (χ1) is 16.4. The number of thioether (sulfide) groups is 1. The summed E-state index contributed by atoms with van der Waals surface area (Å²) in [5.41, 5.74) is 0.687. The van der Waals surface area contributed by atoms with Crippen LogP contribution < -0.4 is 5.56 Å². The molecular formula is C23H22Cl2N4O4S. The van der Waals surface area contributed by atoms with Gasteiger partial charge in [0.25, 0.3) is 5.56 Å². The smallest absolute Gasteiger partial charge is 0.409 e. The lowest BCUT2D eigenvalue weighted by atomic mass is 10.2. The minimum Gasteiger partial charge on any atom is -0.450 e. The first-order valence-corrected chi connectivity index (χ1v) is 12.4. The number of halogens is 2. The van der Waals surface area contributed by atoms with Crippen molar-refractivity contribution in [2.45, 2.75) is 12.1 Å². The molecular weight excluding hydrogens is 499 g/mol. The van der Waals surface area contributed by atoms with Crippen LogP contribution in [0.4, 0.5) is 4.79 Å². The van der Waals surface area contributed by atoms with Crippen LogP contribution in [-0.2, 0) is 9.53 Å². The number of hydrogen-bond acceptors (Lipinski definition) is 6. The predicted molar refractivity (Wildman–Crippen MR) is 133 cm³/mol. The van der Waals surface area contributed by atoms with Gasteiger partial charge in [-0.15, -0.1) is 0 Å². The van der Waals surface area contributed by atoms with E-state index in [1.807, 2.05) is 0 Å². The van der Waals surface area contributed by atoms with Crippen LogP contribution in [0.15, 0.2) is 52.4 Å². The summed E-state index contributed by atoms with van der Waals surface area (Å²) in [6, 6.07) is 11.9. The Balaban J connectivity index is 1.57. The van der Waals surface area contributed by atoms with Gasteiger partial charge in [0.05, 0.1) is 34.0 Å². The number of fused-ring (bicyclic) bond motifs is 1. The highest BCUT2D eigenvalue weighted by molar-refractivity contribution is 7.99. The van der Waals surface area contributed by atoms with Gasteiger partial charge in [-0.2, -0.15) is 0 Å². The van der Waals surface area contributed by atoms with Crippen molar-refractivity contribution in [3.8, 4) is 5.69 Å². The van der Waals surface area contributed by atoms with E-state index in [2.05, 4.69) is 4.98 Å². The van der Waals surface area contributed by atoms with Crippen LogP contribution in [0.1, 0.15) is 6.92 Å². The van der Waals surface area contributed by atoms with Crippen LogP contribution in [0, 0.1) is 0 Å². The number of amides is 2. The summed E-state index contributed by atoms with van der Waals surface area (Å²) in [5.74, 6) is -0.0280. The zero-order valence-corrected chi connectivity index (χ0v) is 20.7. The normalized spacial score (nSPS) is 13.9. The van der Waals surface area contributed by atoms with Crippen molar-refractivity contribution in [1.82, 2.24) is 19.4 Å². The third-order valence-corrected chi connectivity index (χ3v) is 6.84. The SMILES string of the molecule is CCOC(=O)N1CCN(C(=O)CSc2nc3ccccc3c(=O)n2-c2ccc(Cl)cc2Cl)CC1. The molecule has 2 amide bonds. The molecule has 1 aromatic heterocycles. The zero-order chi connectivity index (χ0) is 24.2. The van der Waals surface area contributed by atoms with Gasteiger partial charge in [0.2, 0.25) is 5.91 Å². The average Bonchev–Trinajstić information content (AvgIpc) is 2.83. The van der Waals surface area contributed by atoms with Crippen molar-refractivity contribution in [1.29, 1.82) is 0 Å². The summed E-state index contributed by atoms with van der Waals surface area (Å²) in [7, 11) is 0. The Morgan fingerprint density at radius 3 is 2.47 bits per heavy atom. The Kier molecular flexibility index (Phi) is 7.65. The summed E-state index contributed by atoms with van der Waals surface area (Å²) in [5, 5.41) is 1.54. The van der Waals surface area contributed by atoms with Crippen LogP contribution in [0.3, 0.4) is 0 Å². The van der Waals surface area contributed by atoms with Crippen molar-refractivity contribution in [3.63, 3.8) is 0 Å². The van der Waals surface area contributed by atoms with Crippen molar-refractivity contribution in [3.05, 3.63) is 62.9 Å². The highest BCUT2D eigenvalue weighted by Crippen LogP contribution is 2.28. The molecule has 0 saturated carbocycles. The lowest BCUT2D eigenvalue weighted by Gasteiger charge is -2.34. The second-order valence-corrected chi connectivity index (χ2v) is 9.29. The molecule has 11 heteroatoms. The quantitative estimate of drug-likeness (QED) is 0.372. The van der Waals surface area contributed by atoms with Gasteiger partial charge < -0.3 is 14.5 Å². The molecule has 0 radical (unpaired) electrons. The lowest BCUT2D eigenvalue weighted by Crippen LogP contribution is -2.51. The lowest BCUT2D eigenvalue weighted by molar-refractivity contribution is -0.129. The van der Waals surface area contributed by atoms with Crippen molar-refractivity contribution >= 4 is 57.9 Å². The van der Waals surface area contributed by atoms with Gasteiger partial charge in [0.1, 0.15) is 0 Å². The molecule has 1 aliphatic rings. The van der Waals surface area contributed by atoms with Gasteiger partial charge in [-0.05, 0) is 37.3 Å². The maximum atomic E-state index is 13.4. The topological polar surface area (TPSA) is 84.7 Å². The number of ether oxygens (including phenoxy) is 1. The van der Waals surface area contributed by atoms with E-state index >= 15 is 0 Å². The van der Waals surface area contributed by atoms with Gasteiger partial charge in [0.15, 0.2) is 5.16 Å². The summed E-state index contributed by atoms with van der Waals surface area (Å²) < 4.78 is 6.44. The summed E-state index contributed by atoms with van der Waals surface area (Å²) >= 11 is 13.6. The molecule has 1 fully saturated rings.